The van der Waals surface area contributed by atoms with Gasteiger partial charge in [0.15, 0.2) is 5.16 Å². The van der Waals surface area contributed by atoms with Gasteiger partial charge in [0, 0.05) is 24.5 Å². The molecule has 0 fully saturated rings. The van der Waals surface area contributed by atoms with E-state index in [0.29, 0.717) is 0 Å². The van der Waals surface area contributed by atoms with Gasteiger partial charge >= 0.3 is 0 Å². The SMILES string of the molecule is CCn1c(SCC(=O)NN=Cc2cccnc2)nc2ccccc21. The standard InChI is InChI=1S/C17H17N5OS/c1-2-22-15-8-4-3-7-14(15)20-17(22)24-12-16(23)21-19-11-13-6-5-9-18-10-13/h3-11H,2,12H2,1H3,(H,21,23). The number of imidazole rings is 1. The summed E-state index contributed by atoms with van der Waals surface area (Å²) in [4.78, 5) is 20.5. The van der Waals surface area contributed by atoms with E-state index in [1.54, 1.807) is 18.6 Å². The number of carbonyl (C=O) groups excluding carboxylic acids is 1. The van der Waals surface area contributed by atoms with E-state index in [1.165, 1.54) is 11.8 Å². The largest absolute Gasteiger partial charge is 0.319 e. The van der Waals surface area contributed by atoms with Crippen LogP contribution in [0.4, 0.5) is 0 Å². The highest BCUT2D eigenvalue weighted by molar-refractivity contribution is 7.99. The van der Waals surface area contributed by atoms with Crippen LogP contribution in [0.15, 0.2) is 59.0 Å². The topological polar surface area (TPSA) is 72.2 Å². The molecule has 0 bridgehead atoms. The molecule has 3 aromatic rings. The first-order valence-electron chi connectivity index (χ1n) is 7.58. The van der Waals surface area contributed by atoms with Crippen LogP contribution in [0.5, 0.6) is 0 Å². The minimum atomic E-state index is -0.171. The molecule has 0 radical (unpaired) electrons. The summed E-state index contributed by atoms with van der Waals surface area (Å²) in [6.45, 7) is 2.88. The summed E-state index contributed by atoms with van der Waals surface area (Å²) in [5.74, 6) is 0.0862. The fourth-order valence-corrected chi connectivity index (χ4v) is 3.13. The number of benzene rings is 1. The average molecular weight is 339 g/mol. The van der Waals surface area contributed by atoms with Crippen molar-refractivity contribution in [2.45, 2.75) is 18.6 Å². The molecule has 0 atom stereocenters. The second kappa shape index (κ2) is 7.74. The molecule has 1 aromatic carbocycles. The summed E-state index contributed by atoms with van der Waals surface area (Å²) in [6, 6.07) is 11.6. The first kappa shape index (κ1) is 16.2. The summed E-state index contributed by atoms with van der Waals surface area (Å²) in [7, 11) is 0. The van der Waals surface area contributed by atoms with E-state index < -0.39 is 0 Å². The Balaban J connectivity index is 1.59. The number of nitrogens with one attached hydrogen (secondary N) is 1. The average Bonchev–Trinajstić information content (AvgIpc) is 2.98. The van der Waals surface area contributed by atoms with Gasteiger partial charge in [0.25, 0.3) is 5.91 Å². The predicted octanol–water partition coefficient (Wildman–Crippen LogP) is 2.69. The maximum absolute atomic E-state index is 11.9. The number of hydrogen-bond donors (Lipinski definition) is 1. The van der Waals surface area contributed by atoms with Crippen molar-refractivity contribution in [3.8, 4) is 0 Å². The Morgan fingerprint density at radius 1 is 1.33 bits per heavy atom. The van der Waals surface area contributed by atoms with Crippen molar-refractivity contribution < 1.29 is 4.79 Å². The number of carbonyl (C=O) groups is 1. The van der Waals surface area contributed by atoms with Crippen molar-refractivity contribution in [2.24, 2.45) is 5.10 Å². The summed E-state index contributed by atoms with van der Waals surface area (Å²) < 4.78 is 2.10. The number of para-hydroxylation sites is 2. The highest BCUT2D eigenvalue weighted by Crippen LogP contribution is 2.23. The molecule has 0 spiro atoms. The van der Waals surface area contributed by atoms with Crippen LogP contribution in [-0.4, -0.2) is 32.4 Å². The molecular weight excluding hydrogens is 322 g/mol. The normalized spacial score (nSPS) is 11.2. The molecule has 24 heavy (non-hydrogen) atoms. The third-order valence-corrected chi connectivity index (χ3v) is 4.33. The van der Waals surface area contributed by atoms with E-state index in [1.807, 2.05) is 36.4 Å². The second-order valence-corrected chi connectivity index (χ2v) is 5.94. The first-order valence-corrected chi connectivity index (χ1v) is 8.56. The highest BCUT2D eigenvalue weighted by atomic mass is 32.2. The molecular formula is C17H17N5OS. The number of nitrogens with zero attached hydrogens (tertiary/aromatic N) is 4. The van der Waals surface area contributed by atoms with Gasteiger partial charge in [-0.1, -0.05) is 30.0 Å². The predicted molar refractivity (Wildman–Crippen MR) is 96.1 cm³/mol. The van der Waals surface area contributed by atoms with Crippen LogP contribution in [0.1, 0.15) is 12.5 Å². The van der Waals surface area contributed by atoms with Gasteiger partial charge in [0.05, 0.1) is 23.0 Å². The Bertz CT molecular complexity index is 860. The quantitative estimate of drug-likeness (QED) is 0.426. The smallest absolute Gasteiger partial charge is 0.250 e. The van der Waals surface area contributed by atoms with Crippen LogP contribution < -0.4 is 5.43 Å². The maximum Gasteiger partial charge on any atom is 0.250 e. The number of thioether (sulfide) groups is 1. The van der Waals surface area contributed by atoms with Crippen molar-refractivity contribution >= 4 is 34.9 Å². The van der Waals surface area contributed by atoms with Crippen molar-refractivity contribution in [1.82, 2.24) is 20.0 Å². The summed E-state index contributed by atoms with van der Waals surface area (Å²) in [5, 5.41) is 4.77. The van der Waals surface area contributed by atoms with E-state index in [4.69, 9.17) is 0 Å². The van der Waals surface area contributed by atoms with Crippen LogP contribution in [0.2, 0.25) is 0 Å². The number of hydrogen-bond acceptors (Lipinski definition) is 5. The van der Waals surface area contributed by atoms with Gasteiger partial charge in [-0.25, -0.2) is 10.4 Å². The van der Waals surface area contributed by atoms with Crippen molar-refractivity contribution in [3.05, 3.63) is 54.4 Å². The Hall–Kier alpha value is -2.67. The maximum atomic E-state index is 11.9. The lowest BCUT2D eigenvalue weighted by atomic mass is 10.3. The number of aromatic nitrogens is 3. The molecule has 0 aliphatic carbocycles. The monoisotopic (exact) mass is 339 g/mol. The van der Waals surface area contributed by atoms with Crippen LogP contribution in [-0.2, 0) is 11.3 Å². The molecule has 122 valence electrons. The Morgan fingerprint density at radius 2 is 2.21 bits per heavy atom. The van der Waals surface area contributed by atoms with E-state index >= 15 is 0 Å². The first-order chi connectivity index (χ1) is 11.8. The third kappa shape index (κ3) is 3.80. The summed E-state index contributed by atoms with van der Waals surface area (Å²) in [5.41, 5.74) is 5.37. The van der Waals surface area contributed by atoms with Crippen molar-refractivity contribution in [2.75, 3.05) is 5.75 Å². The number of fused-ring (bicyclic) bond motifs is 1. The van der Waals surface area contributed by atoms with Gasteiger partial charge in [0.1, 0.15) is 0 Å². The molecule has 0 aliphatic heterocycles. The van der Waals surface area contributed by atoms with E-state index in [9.17, 15) is 4.79 Å². The van der Waals surface area contributed by atoms with Gasteiger partial charge in [-0.05, 0) is 25.1 Å². The molecule has 2 heterocycles. The fraction of sp³-hybridized carbons (Fsp3) is 0.176. The number of amides is 1. The number of pyridine rings is 1. The third-order valence-electron chi connectivity index (χ3n) is 3.36. The van der Waals surface area contributed by atoms with Crippen molar-refractivity contribution in [3.63, 3.8) is 0 Å². The highest BCUT2D eigenvalue weighted by Gasteiger charge is 2.11. The second-order valence-electron chi connectivity index (χ2n) is 5.00. The minimum absolute atomic E-state index is 0.171. The van der Waals surface area contributed by atoms with Crippen LogP contribution in [0.25, 0.3) is 11.0 Å². The van der Waals surface area contributed by atoms with Crippen LogP contribution in [0, 0.1) is 0 Å². The number of aryl methyl sites for hydroxylation is 1. The van der Waals surface area contributed by atoms with E-state index in [-0.39, 0.29) is 11.7 Å². The van der Waals surface area contributed by atoms with Gasteiger partial charge in [0.2, 0.25) is 0 Å². The molecule has 7 heteroatoms. The number of rotatable bonds is 6. The van der Waals surface area contributed by atoms with Gasteiger partial charge < -0.3 is 4.57 Å². The molecule has 1 amide bonds. The lowest BCUT2D eigenvalue weighted by Crippen LogP contribution is -2.20. The lowest BCUT2D eigenvalue weighted by Gasteiger charge is -2.04. The molecule has 1 N–H and O–H groups in total. The van der Waals surface area contributed by atoms with Crippen LogP contribution in [0.3, 0.4) is 0 Å². The number of hydrazone groups is 1. The van der Waals surface area contributed by atoms with E-state index in [0.717, 1.165) is 28.3 Å². The van der Waals surface area contributed by atoms with Gasteiger partial charge in [-0.2, -0.15) is 5.10 Å². The van der Waals surface area contributed by atoms with E-state index in [2.05, 4.69) is 32.0 Å². The van der Waals surface area contributed by atoms with Crippen molar-refractivity contribution in [1.29, 1.82) is 0 Å². The lowest BCUT2D eigenvalue weighted by molar-refractivity contribution is -0.118. The molecule has 0 unspecified atom stereocenters. The molecule has 0 aliphatic rings. The summed E-state index contributed by atoms with van der Waals surface area (Å²) in [6.07, 6.45) is 4.93. The minimum Gasteiger partial charge on any atom is -0.319 e. The zero-order valence-corrected chi connectivity index (χ0v) is 14.0. The van der Waals surface area contributed by atoms with Gasteiger partial charge in [-0.15, -0.1) is 0 Å². The Morgan fingerprint density at radius 3 is 3.00 bits per heavy atom. The Kier molecular flexibility index (Phi) is 5.22. The molecule has 0 saturated heterocycles. The van der Waals surface area contributed by atoms with Gasteiger partial charge in [-0.3, -0.25) is 9.78 Å². The Labute approximate surface area is 144 Å². The fourth-order valence-electron chi connectivity index (χ4n) is 2.26. The zero-order chi connectivity index (χ0) is 16.8. The molecule has 6 nitrogen and oxygen atoms in total. The molecule has 3 rings (SSSR count). The molecule has 0 saturated carbocycles. The summed E-state index contributed by atoms with van der Waals surface area (Å²) >= 11 is 1.41. The zero-order valence-electron chi connectivity index (χ0n) is 13.2. The molecule has 2 aromatic heterocycles. The van der Waals surface area contributed by atoms with Crippen LogP contribution >= 0.6 is 11.8 Å².